The molecule has 1 atom stereocenters. The predicted octanol–water partition coefficient (Wildman–Crippen LogP) is 2.47. The number of hydrogen-bond donors (Lipinski definition) is 3. The van der Waals surface area contributed by atoms with Gasteiger partial charge >= 0.3 is 6.18 Å². The molecule has 0 unspecified atom stereocenters. The van der Waals surface area contributed by atoms with Crippen LogP contribution in [0.15, 0.2) is 35.9 Å². The van der Waals surface area contributed by atoms with E-state index in [0.717, 1.165) is 12.3 Å². The van der Waals surface area contributed by atoms with Crippen molar-refractivity contribution in [2.45, 2.75) is 19.1 Å². The monoisotopic (exact) mass is 413 g/mol. The van der Waals surface area contributed by atoms with Gasteiger partial charge in [0.1, 0.15) is 11.6 Å². The number of rotatable bonds is 6. The second-order valence-electron chi connectivity index (χ2n) is 5.94. The van der Waals surface area contributed by atoms with Crippen molar-refractivity contribution in [2.24, 2.45) is 10.9 Å². The minimum atomic E-state index is -4.57. The van der Waals surface area contributed by atoms with Gasteiger partial charge in [-0.3, -0.25) is 0 Å². The third kappa shape index (κ3) is 4.62. The molecular weight excluding hydrogens is 398 g/mol. The summed E-state index contributed by atoms with van der Waals surface area (Å²) in [4.78, 5) is 7.89. The summed E-state index contributed by atoms with van der Waals surface area (Å²) in [6.07, 6.45) is -0.911. The lowest BCUT2D eigenvalue weighted by Crippen LogP contribution is -2.21. The zero-order valence-electron chi connectivity index (χ0n) is 14.9. The highest BCUT2D eigenvalue weighted by atomic mass is 19.4. The quantitative estimate of drug-likeness (QED) is 0.187. The molecule has 0 saturated carbocycles. The summed E-state index contributed by atoms with van der Waals surface area (Å²) in [7, 11) is 0. The number of pyridine rings is 1. The molecule has 29 heavy (non-hydrogen) atoms. The summed E-state index contributed by atoms with van der Waals surface area (Å²) in [5.74, 6) is -1.01. The van der Waals surface area contributed by atoms with E-state index in [1.807, 2.05) is 0 Å². The first-order valence-electron chi connectivity index (χ1n) is 8.11. The molecule has 9 nitrogen and oxygen atoms in total. The average Bonchev–Trinajstić information content (AvgIpc) is 3.09. The Bertz CT molecular complexity index is 1050. The fourth-order valence-electron chi connectivity index (χ4n) is 2.51. The predicted molar refractivity (Wildman–Crippen MR) is 93.3 cm³/mol. The van der Waals surface area contributed by atoms with E-state index in [2.05, 4.69) is 25.5 Å². The van der Waals surface area contributed by atoms with Crippen LogP contribution in [0.25, 0.3) is 5.65 Å². The number of nitrogens with two attached hydrogens (primary N) is 1. The van der Waals surface area contributed by atoms with Crippen molar-refractivity contribution >= 4 is 17.3 Å². The number of nitrogens with one attached hydrogen (secondary N) is 1. The van der Waals surface area contributed by atoms with Gasteiger partial charge in [0, 0.05) is 11.8 Å². The number of oxime groups is 1. The van der Waals surface area contributed by atoms with E-state index in [4.69, 9.17) is 15.7 Å². The summed E-state index contributed by atoms with van der Waals surface area (Å²) in [5, 5.41) is 18.7. The van der Waals surface area contributed by atoms with Crippen molar-refractivity contribution < 1.29 is 27.5 Å². The van der Waals surface area contributed by atoms with Crippen LogP contribution in [0.5, 0.6) is 5.88 Å². The third-order valence-corrected chi connectivity index (χ3v) is 3.80. The lowest BCUT2D eigenvalue weighted by Gasteiger charge is -2.18. The van der Waals surface area contributed by atoms with Gasteiger partial charge in [-0.15, -0.1) is 0 Å². The molecule has 3 heterocycles. The molecule has 0 aromatic carbocycles. The van der Waals surface area contributed by atoms with E-state index >= 15 is 0 Å². The van der Waals surface area contributed by atoms with Gasteiger partial charge in [-0.05, 0) is 19.1 Å². The fraction of sp³-hybridized carbons (Fsp3) is 0.250. The summed E-state index contributed by atoms with van der Waals surface area (Å²) in [6.45, 7) is 0.0120. The Balaban J connectivity index is 1.88. The third-order valence-electron chi connectivity index (χ3n) is 3.80. The first kappa shape index (κ1) is 20.1. The largest absolute Gasteiger partial charge is 0.468 e. The molecule has 0 saturated heterocycles. The zero-order chi connectivity index (χ0) is 21.2. The van der Waals surface area contributed by atoms with Crippen LogP contribution in [0.2, 0.25) is 0 Å². The van der Waals surface area contributed by atoms with E-state index in [-0.39, 0.29) is 34.3 Å². The lowest BCUT2D eigenvalue weighted by atomic mass is 10.1. The normalized spacial score (nSPS) is 13.5. The lowest BCUT2D eigenvalue weighted by molar-refractivity contribution is -0.154. The van der Waals surface area contributed by atoms with Gasteiger partial charge in [-0.1, -0.05) is 5.16 Å². The van der Waals surface area contributed by atoms with Gasteiger partial charge in [-0.2, -0.15) is 18.3 Å². The second-order valence-corrected chi connectivity index (χ2v) is 5.94. The van der Waals surface area contributed by atoms with E-state index in [1.165, 1.54) is 23.0 Å². The van der Waals surface area contributed by atoms with E-state index < -0.39 is 24.6 Å². The molecular formula is C16H15F4N7O2. The maximum atomic E-state index is 13.6. The van der Waals surface area contributed by atoms with Gasteiger partial charge in [0.25, 0.3) is 0 Å². The molecule has 0 aliphatic heterocycles. The number of aromatic nitrogens is 4. The number of halogens is 4. The number of ether oxygens (including phenoxy) is 1. The molecule has 0 bridgehead atoms. The molecule has 0 spiro atoms. The smallest absolute Gasteiger partial charge is 0.422 e. The molecule has 3 rings (SSSR count). The topological polar surface area (TPSA) is 123 Å². The molecule has 13 heteroatoms. The van der Waals surface area contributed by atoms with Crippen LogP contribution >= 0.6 is 0 Å². The number of anilines is 1. The van der Waals surface area contributed by atoms with E-state index in [9.17, 15) is 17.6 Å². The van der Waals surface area contributed by atoms with Crippen molar-refractivity contribution in [1.29, 1.82) is 0 Å². The van der Waals surface area contributed by atoms with Crippen LogP contribution < -0.4 is 15.8 Å². The van der Waals surface area contributed by atoms with Crippen molar-refractivity contribution in [1.82, 2.24) is 19.6 Å². The standard InChI is InChI=1S/C16H15F4N7O2/c1-8(10-4-9(17)5-22-15(10)29-7-16(18,19)20)24-12-2-3-27-14(25-12)11(6-23-27)13(21)26-28/h2-6,8,28H,7H2,1H3,(H2,21,26)(H,24,25)/t8-/m1/s1. The first-order chi connectivity index (χ1) is 13.7. The van der Waals surface area contributed by atoms with Gasteiger partial charge in [-0.25, -0.2) is 18.9 Å². The molecule has 0 amide bonds. The van der Waals surface area contributed by atoms with Crippen molar-refractivity contribution in [2.75, 3.05) is 11.9 Å². The Hall–Kier alpha value is -3.64. The highest BCUT2D eigenvalue weighted by Crippen LogP contribution is 2.28. The van der Waals surface area contributed by atoms with Gasteiger partial charge in [0.2, 0.25) is 5.88 Å². The Morgan fingerprint density at radius 2 is 2.17 bits per heavy atom. The molecule has 0 aliphatic carbocycles. The van der Waals surface area contributed by atoms with E-state index in [1.54, 1.807) is 6.92 Å². The van der Waals surface area contributed by atoms with E-state index in [0.29, 0.717) is 0 Å². The number of hydrogen-bond acceptors (Lipinski definition) is 7. The Morgan fingerprint density at radius 3 is 2.86 bits per heavy atom. The molecule has 3 aromatic rings. The Morgan fingerprint density at radius 1 is 1.41 bits per heavy atom. The summed E-state index contributed by atoms with van der Waals surface area (Å²) in [5.41, 5.74) is 6.19. The maximum Gasteiger partial charge on any atom is 0.422 e. The summed E-state index contributed by atoms with van der Waals surface area (Å²) in [6, 6.07) is 1.84. The maximum absolute atomic E-state index is 13.6. The van der Waals surface area contributed by atoms with Crippen LogP contribution in [0.1, 0.15) is 24.1 Å². The highest BCUT2D eigenvalue weighted by molar-refractivity contribution is 6.02. The summed E-state index contributed by atoms with van der Waals surface area (Å²) >= 11 is 0. The SMILES string of the molecule is C[C@@H](Nc1ccn2ncc(/C(N)=N/O)c2n1)c1cc(F)cnc1OCC(F)(F)F. The minimum absolute atomic E-state index is 0.0705. The fourth-order valence-corrected chi connectivity index (χ4v) is 2.51. The van der Waals surface area contributed by atoms with Gasteiger partial charge in [0.05, 0.1) is 24.0 Å². The van der Waals surface area contributed by atoms with Gasteiger partial charge < -0.3 is 21.0 Å². The second kappa shape index (κ2) is 7.77. The van der Waals surface area contributed by atoms with Crippen LogP contribution in [0.3, 0.4) is 0 Å². The van der Waals surface area contributed by atoms with Crippen molar-refractivity contribution in [3.8, 4) is 5.88 Å². The average molecular weight is 413 g/mol. The minimum Gasteiger partial charge on any atom is -0.468 e. The number of fused-ring (bicyclic) bond motifs is 1. The van der Waals surface area contributed by atoms with Crippen LogP contribution in [0.4, 0.5) is 23.4 Å². The Labute approximate surface area is 160 Å². The Kier molecular flexibility index (Phi) is 5.39. The van der Waals surface area contributed by atoms with Crippen LogP contribution in [-0.4, -0.2) is 43.4 Å². The molecule has 3 aromatic heterocycles. The summed E-state index contributed by atoms with van der Waals surface area (Å²) < 4.78 is 57.1. The molecule has 4 N–H and O–H groups in total. The van der Waals surface area contributed by atoms with Crippen LogP contribution in [0, 0.1) is 5.82 Å². The molecule has 0 radical (unpaired) electrons. The molecule has 0 aliphatic rings. The van der Waals surface area contributed by atoms with Crippen molar-refractivity contribution in [3.63, 3.8) is 0 Å². The van der Waals surface area contributed by atoms with Crippen molar-refractivity contribution in [3.05, 3.63) is 47.7 Å². The number of nitrogens with zero attached hydrogens (tertiary/aromatic N) is 5. The molecule has 154 valence electrons. The number of amidine groups is 1. The number of alkyl halides is 3. The zero-order valence-corrected chi connectivity index (χ0v) is 14.9. The first-order valence-corrected chi connectivity index (χ1v) is 8.11. The molecule has 0 fully saturated rings. The highest BCUT2D eigenvalue weighted by Gasteiger charge is 2.29. The van der Waals surface area contributed by atoms with Crippen LogP contribution in [-0.2, 0) is 0 Å². The van der Waals surface area contributed by atoms with Gasteiger partial charge in [0.15, 0.2) is 18.1 Å².